The fourth-order valence-electron chi connectivity index (χ4n) is 1.17. The molecule has 100 valence electrons. The Labute approximate surface area is 111 Å². The lowest BCUT2D eigenvalue weighted by Gasteiger charge is -2.23. The third kappa shape index (κ3) is 4.14. The van der Waals surface area contributed by atoms with Crippen molar-refractivity contribution in [2.24, 2.45) is 5.84 Å². The molecule has 0 aliphatic heterocycles. The lowest BCUT2D eigenvalue weighted by Crippen LogP contribution is -2.39. The molecule has 18 heavy (non-hydrogen) atoms. The summed E-state index contributed by atoms with van der Waals surface area (Å²) >= 11 is 5.78. The van der Waals surface area contributed by atoms with Crippen LogP contribution in [0.1, 0.15) is 24.2 Å². The number of hydrogen-bond donors (Lipinski definition) is 3. The summed E-state index contributed by atoms with van der Waals surface area (Å²) in [4.78, 5) is 15.8. The number of carbonyl (C=O) groups excluding carboxylic acids is 1. The van der Waals surface area contributed by atoms with Crippen molar-refractivity contribution in [1.29, 1.82) is 0 Å². The van der Waals surface area contributed by atoms with E-state index in [-0.39, 0.29) is 11.1 Å². The molecule has 0 atom stereocenters. The number of halogens is 1. The lowest BCUT2D eigenvalue weighted by atomic mass is 10.1. The van der Waals surface area contributed by atoms with Crippen molar-refractivity contribution < 1.29 is 9.53 Å². The van der Waals surface area contributed by atoms with Crippen molar-refractivity contribution in [2.45, 2.75) is 19.4 Å². The predicted molar refractivity (Wildman–Crippen MR) is 70.5 cm³/mol. The number of aromatic nitrogens is 1. The number of nitrogen functional groups attached to an aromatic ring is 1. The highest BCUT2D eigenvalue weighted by molar-refractivity contribution is 6.29. The average Bonchev–Trinajstić information content (AvgIpc) is 2.35. The first kappa shape index (κ1) is 14.7. The summed E-state index contributed by atoms with van der Waals surface area (Å²) in [5, 5.41) is 2.95. The van der Waals surface area contributed by atoms with Gasteiger partial charge in [-0.05, 0) is 26.0 Å². The van der Waals surface area contributed by atoms with Crippen LogP contribution in [-0.2, 0) is 4.74 Å². The summed E-state index contributed by atoms with van der Waals surface area (Å²) in [6.07, 6.45) is 0. The Kier molecular flexibility index (Phi) is 4.89. The molecular formula is C11H17ClN4O2. The minimum atomic E-state index is -0.429. The Bertz CT molecular complexity index is 437. The summed E-state index contributed by atoms with van der Waals surface area (Å²) in [6, 6.07) is 2.98. The van der Waals surface area contributed by atoms with Crippen molar-refractivity contribution >= 4 is 23.3 Å². The number of hydrogen-bond acceptors (Lipinski definition) is 5. The van der Waals surface area contributed by atoms with Gasteiger partial charge in [-0.25, -0.2) is 10.8 Å². The number of nitrogens with two attached hydrogens (primary N) is 1. The number of pyridine rings is 1. The van der Waals surface area contributed by atoms with Crippen LogP contribution in [0.3, 0.4) is 0 Å². The third-order valence-corrected chi connectivity index (χ3v) is 2.63. The van der Waals surface area contributed by atoms with Gasteiger partial charge in [0, 0.05) is 19.2 Å². The van der Waals surface area contributed by atoms with Crippen LogP contribution in [0.15, 0.2) is 12.1 Å². The van der Waals surface area contributed by atoms with E-state index in [4.69, 9.17) is 22.2 Å². The number of ether oxygens (including phenoxy) is 1. The third-order valence-electron chi connectivity index (χ3n) is 2.43. The monoisotopic (exact) mass is 272 g/mol. The fraction of sp³-hybridized carbons (Fsp3) is 0.455. The Morgan fingerprint density at radius 2 is 2.22 bits per heavy atom. The van der Waals surface area contributed by atoms with Crippen LogP contribution < -0.4 is 16.6 Å². The second-order valence-electron chi connectivity index (χ2n) is 4.35. The summed E-state index contributed by atoms with van der Waals surface area (Å²) in [5.41, 5.74) is 2.30. The van der Waals surface area contributed by atoms with Crippen LogP contribution in [-0.4, -0.2) is 30.1 Å². The molecule has 1 heterocycles. The van der Waals surface area contributed by atoms with E-state index in [0.29, 0.717) is 17.9 Å². The second-order valence-corrected chi connectivity index (χ2v) is 4.74. The summed E-state index contributed by atoms with van der Waals surface area (Å²) in [7, 11) is 1.59. The molecule has 0 aromatic carbocycles. The van der Waals surface area contributed by atoms with Gasteiger partial charge in [0.2, 0.25) is 0 Å². The van der Waals surface area contributed by atoms with Crippen LogP contribution in [0, 0.1) is 0 Å². The molecule has 0 spiro atoms. The van der Waals surface area contributed by atoms with Gasteiger partial charge in [0.05, 0.1) is 5.60 Å². The number of carbonyl (C=O) groups is 1. The van der Waals surface area contributed by atoms with Crippen molar-refractivity contribution in [3.63, 3.8) is 0 Å². The van der Waals surface area contributed by atoms with Gasteiger partial charge in [-0.3, -0.25) is 4.79 Å². The molecule has 7 heteroatoms. The molecule has 0 radical (unpaired) electrons. The first-order valence-corrected chi connectivity index (χ1v) is 5.73. The first-order valence-electron chi connectivity index (χ1n) is 5.35. The molecule has 0 saturated heterocycles. The quantitative estimate of drug-likeness (QED) is 0.425. The number of nitrogens with zero attached hydrogens (tertiary/aromatic N) is 1. The van der Waals surface area contributed by atoms with Crippen LogP contribution >= 0.6 is 11.6 Å². The molecule has 1 rings (SSSR count). The number of methoxy groups -OCH3 is 1. The normalized spacial score (nSPS) is 11.2. The molecule has 0 aliphatic carbocycles. The van der Waals surface area contributed by atoms with Gasteiger partial charge in [-0.1, -0.05) is 11.6 Å². The van der Waals surface area contributed by atoms with E-state index < -0.39 is 5.60 Å². The number of anilines is 1. The van der Waals surface area contributed by atoms with Crippen molar-refractivity contribution in [1.82, 2.24) is 10.3 Å². The largest absolute Gasteiger partial charge is 0.377 e. The number of nitrogens with one attached hydrogen (secondary N) is 2. The Balaban J connectivity index is 2.75. The minimum Gasteiger partial charge on any atom is -0.377 e. The zero-order valence-corrected chi connectivity index (χ0v) is 11.3. The molecule has 4 N–H and O–H groups in total. The minimum absolute atomic E-state index is 0.196. The van der Waals surface area contributed by atoms with Gasteiger partial charge in [0.15, 0.2) is 0 Å². The summed E-state index contributed by atoms with van der Waals surface area (Å²) < 4.78 is 5.21. The average molecular weight is 273 g/mol. The van der Waals surface area contributed by atoms with Crippen molar-refractivity contribution in [3.8, 4) is 0 Å². The SMILES string of the molecule is COC(C)(C)CNC(=O)c1cc(Cl)nc(NN)c1. The topological polar surface area (TPSA) is 89.3 Å². The molecule has 0 bridgehead atoms. The second kappa shape index (κ2) is 5.99. The van der Waals surface area contributed by atoms with Gasteiger partial charge >= 0.3 is 0 Å². The molecule has 0 unspecified atom stereocenters. The lowest BCUT2D eigenvalue weighted by molar-refractivity contribution is 0.0229. The highest BCUT2D eigenvalue weighted by Gasteiger charge is 2.18. The van der Waals surface area contributed by atoms with E-state index >= 15 is 0 Å². The zero-order valence-electron chi connectivity index (χ0n) is 10.6. The van der Waals surface area contributed by atoms with Gasteiger partial charge in [-0.15, -0.1) is 0 Å². The molecule has 0 aliphatic rings. The fourth-order valence-corrected chi connectivity index (χ4v) is 1.38. The standard InChI is InChI=1S/C11H17ClN4O2/c1-11(2,18-3)6-14-10(17)7-4-8(12)15-9(5-7)16-13/h4-5H,6,13H2,1-3H3,(H,14,17)(H,15,16). The number of rotatable bonds is 5. The van der Waals surface area contributed by atoms with E-state index in [0.717, 1.165) is 0 Å². The van der Waals surface area contributed by atoms with E-state index in [2.05, 4.69) is 15.7 Å². The molecular weight excluding hydrogens is 256 g/mol. The maximum Gasteiger partial charge on any atom is 0.251 e. The molecule has 0 saturated carbocycles. The number of amides is 1. The number of hydrazine groups is 1. The zero-order chi connectivity index (χ0) is 13.8. The van der Waals surface area contributed by atoms with Gasteiger partial charge in [0.25, 0.3) is 5.91 Å². The molecule has 0 fully saturated rings. The summed E-state index contributed by atoms with van der Waals surface area (Å²) in [5.74, 6) is 5.30. The van der Waals surface area contributed by atoms with Crippen LogP contribution in [0.4, 0.5) is 5.82 Å². The maximum absolute atomic E-state index is 11.9. The van der Waals surface area contributed by atoms with Gasteiger partial charge in [-0.2, -0.15) is 0 Å². The van der Waals surface area contributed by atoms with Crippen molar-refractivity contribution in [3.05, 3.63) is 22.8 Å². The molecule has 6 nitrogen and oxygen atoms in total. The Morgan fingerprint density at radius 3 is 2.78 bits per heavy atom. The van der Waals surface area contributed by atoms with E-state index in [9.17, 15) is 4.79 Å². The summed E-state index contributed by atoms with van der Waals surface area (Å²) in [6.45, 7) is 4.13. The predicted octanol–water partition coefficient (Wildman–Crippen LogP) is 1.18. The van der Waals surface area contributed by atoms with Crippen LogP contribution in [0.5, 0.6) is 0 Å². The van der Waals surface area contributed by atoms with Gasteiger partial charge < -0.3 is 15.5 Å². The van der Waals surface area contributed by atoms with E-state index in [1.165, 1.54) is 12.1 Å². The molecule has 1 amide bonds. The van der Waals surface area contributed by atoms with E-state index in [1.807, 2.05) is 13.8 Å². The molecule has 1 aromatic rings. The van der Waals surface area contributed by atoms with Crippen molar-refractivity contribution in [2.75, 3.05) is 19.1 Å². The Hall–Kier alpha value is -1.37. The van der Waals surface area contributed by atoms with Gasteiger partial charge in [0.1, 0.15) is 11.0 Å². The highest BCUT2D eigenvalue weighted by Crippen LogP contribution is 2.14. The first-order chi connectivity index (χ1) is 8.38. The van der Waals surface area contributed by atoms with Crippen LogP contribution in [0.25, 0.3) is 0 Å². The Morgan fingerprint density at radius 1 is 1.56 bits per heavy atom. The smallest absolute Gasteiger partial charge is 0.251 e. The highest BCUT2D eigenvalue weighted by atomic mass is 35.5. The maximum atomic E-state index is 11.9. The van der Waals surface area contributed by atoms with Crippen LogP contribution in [0.2, 0.25) is 5.15 Å². The van der Waals surface area contributed by atoms with E-state index in [1.54, 1.807) is 7.11 Å². The molecule has 1 aromatic heterocycles.